The van der Waals surface area contributed by atoms with E-state index in [-0.39, 0.29) is 19.3 Å². The molecule has 0 aliphatic carbocycles. The van der Waals surface area contributed by atoms with E-state index < -0.39 is 6.10 Å². The van der Waals surface area contributed by atoms with Crippen LogP contribution in [0.1, 0.15) is 18.5 Å². The van der Waals surface area contributed by atoms with E-state index in [9.17, 15) is 0 Å². The van der Waals surface area contributed by atoms with Gasteiger partial charge in [-0.3, -0.25) is 0 Å². The molecule has 0 saturated carbocycles. The van der Waals surface area contributed by atoms with Gasteiger partial charge in [-0.05, 0) is 13.0 Å². The first-order chi connectivity index (χ1) is 7.15. The minimum atomic E-state index is -0.855. The molecule has 1 aromatic rings. The van der Waals surface area contributed by atoms with Crippen LogP contribution >= 0.6 is 0 Å². The van der Waals surface area contributed by atoms with E-state index in [4.69, 9.17) is 20.7 Å². The smallest absolute Gasteiger partial charge is 0.124 e. The molecule has 0 aliphatic rings. The maximum atomic E-state index is 9.14. The number of benzene rings is 1. The Labute approximate surface area is 89.3 Å². The summed E-state index contributed by atoms with van der Waals surface area (Å²) in [6.07, 6.45) is -0.855. The van der Waals surface area contributed by atoms with Crippen LogP contribution in [-0.2, 0) is 0 Å². The van der Waals surface area contributed by atoms with Crippen molar-refractivity contribution in [2.75, 3.05) is 13.2 Å². The second-order valence-corrected chi connectivity index (χ2v) is 3.47. The van der Waals surface area contributed by atoms with E-state index in [2.05, 4.69) is 0 Å². The van der Waals surface area contributed by atoms with Crippen LogP contribution in [0.2, 0.25) is 0 Å². The van der Waals surface area contributed by atoms with Crippen LogP contribution in [0.15, 0.2) is 24.3 Å². The third-order valence-electron chi connectivity index (χ3n) is 2.05. The zero-order valence-corrected chi connectivity index (χ0v) is 8.76. The molecule has 1 rings (SSSR count). The Morgan fingerprint density at radius 1 is 1.40 bits per heavy atom. The molecule has 4 heteroatoms. The highest BCUT2D eigenvalue weighted by atomic mass is 16.5. The van der Waals surface area contributed by atoms with Gasteiger partial charge in [0.2, 0.25) is 0 Å². The van der Waals surface area contributed by atoms with Crippen LogP contribution in [0.5, 0.6) is 5.75 Å². The lowest BCUT2D eigenvalue weighted by atomic mass is 10.1. The predicted molar refractivity (Wildman–Crippen MR) is 57.6 cm³/mol. The molecule has 4 nitrogen and oxygen atoms in total. The third-order valence-corrected chi connectivity index (χ3v) is 2.05. The number of aliphatic hydroxyl groups excluding tert-OH is 2. The molecule has 2 atom stereocenters. The predicted octanol–water partition coefficient (Wildman–Crippen LogP) is 0.438. The van der Waals surface area contributed by atoms with Gasteiger partial charge < -0.3 is 20.7 Å². The molecular formula is C11H17NO3. The van der Waals surface area contributed by atoms with E-state index in [0.717, 1.165) is 5.56 Å². The van der Waals surface area contributed by atoms with Crippen molar-refractivity contribution in [2.24, 2.45) is 5.73 Å². The van der Waals surface area contributed by atoms with Crippen molar-refractivity contribution in [3.8, 4) is 5.75 Å². The van der Waals surface area contributed by atoms with Crippen molar-refractivity contribution in [2.45, 2.75) is 19.1 Å². The van der Waals surface area contributed by atoms with Gasteiger partial charge in [0.25, 0.3) is 0 Å². The van der Waals surface area contributed by atoms with E-state index in [1.165, 1.54) is 0 Å². The first-order valence-corrected chi connectivity index (χ1v) is 4.91. The molecule has 2 unspecified atom stereocenters. The monoisotopic (exact) mass is 211 g/mol. The quantitative estimate of drug-likeness (QED) is 0.660. The summed E-state index contributed by atoms with van der Waals surface area (Å²) in [4.78, 5) is 0. The molecule has 0 aliphatic heterocycles. The van der Waals surface area contributed by atoms with Crippen molar-refractivity contribution in [3.63, 3.8) is 0 Å². The molecule has 0 saturated heterocycles. The minimum Gasteiger partial charge on any atom is -0.490 e. The second-order valence-electron chi connectivity index (χ2n) is 3.47. The average molecular weight is 211 g/mol. The second kappa shape index (κ2) is 5.70. The highest BCUT2D eigenvalue weighted by Crippen LogP contribution is 2.23. The Morgan fingerprint density at radius 3 is 2.67 bits per heavy atom. The number of aliphatic hydroxyl groups is 2. The topological polar surface area (TPSA) is 75.7 Å². The molecule has 0 aromatic heterocycles. The van der Waals surface area contributed by atoms with Crippen LogP contribution in [0.4, 0.5) is 0 Å². The summed E-state index contributed by atoms with van der Waals surface area (Å²) >= 11 is 0. The fourth-order valence-corrected chi connectivity index (χ4v) is 1.23. The molecule has 0 bridgehead atoms. The van der Waals surface area contributed by atoms with Crippen molar-refractivity contribution < 1.29 is 14.9 Å². The van der Waals surface area contributed by atoms with Gasteiger partial charge in [0.1, 0.15) is 18.5 Å². The molecule has 4 N–H and O–H groups in total. The molecule has 0 fully saturated rings. The first-order valence-electron chi connectivity index (χ1n) is 4.91. The lowest BCUT2D eigenvalue weighted by Gasteiger charge is -2.15. The summed E-state index contributed by atoms with van der Waals surface area (Å²) in [5.41, 5.74) is 6.65. The van der Waals surface area contributed by atoms with E-state index in [0.29, 0.717) is 5.75 Å². The Morgan fingerprint density at radius 2 is 2.07 bits per heavy atom. The lowest BCUT2D eigenvalue weighted by Crippen LogP contribution is -2.22. The summed E-state index contributed by atoms with van der Waals surface area (Å²) in [7, 11) is 0. The first kappa shape index (κ1) is 12.0. The van der Waals surface area contributed by atoms with Gasteiger partial charge in [0.15, 0.2) is 0 Å². The summed E-state index contributed by atoms with van der Waals surface area (Å²) < 4.78 is 5.36. The molecule has 15 heavy (non-hydrogen) atoms. The van der Waals surface area contributed by atoms with Gasteiger partial charge in [-0.2, -0.15) is 0 Å². The molecular weight excluding hydrogens is 194 g/mol. The molecule has 84 valence electrons. The van der Waals surface area contributed by atoms with Crippen LogP contribution in [0, 0.1) is 0 Å². The molecule has 0 spiro atoms. The van der Waals surface area contributed by atoms with Crippen molar-refractivity contribution in [1.82, 2.24) is 0 Å². The van der Waals surface area contributed by atoms with E-state index in [1.54, 1.807) is 6.07 Å². The SMILES string of the molecule is CC(N)c1ccccc1OCC(O)CO. The zero-order valence-electron chi connectivity index (χ0n) is 8.76. The highest BCUT2D eigenvalue weighted by molar-refractivity contribution is 5.35. The largest absolute Gasteiger partial charge is 0.490 e. The fourth-order valence-electron chi connectivity index (χ4n) is 1.23. The Hall–Kier alpha value is -1.10. The van der Waals surface area contributed by atoms with Gasteiger partial charge >= 0.3 is 0 Å². The molecule has 0 heterocycles. The average Bonchev–Trinajstić information content (AvgIpc) is 2.26. The summed E-state index contributed by atoms with van der Waals surface area (Å²) in [6.45, 7) is 1.63. The Bertz CT molecular complexity index is 302. The number of rotatable bonds is 5. The van der Waals surface area contributed by atoms with Gasteiger partial charge in [0.05, 0.1) is 6.61 Å². The summed E-state index contributed by atoms with van der Waals surface area (Å²) in [5, 5.41) is 17.8. The van der Waals surface area contributed by atoms with Crippen molar-refractivity contribution in [3.05, 3.63) is 29.8 Å². The number of ether oxygens (including phenoxy) is 1. The van der Waals surface area contributed by atoms with Crippen LogP contribution in [-0.4, -0.2) is 29.5 Å². The zero-order chi connectivity index (χ0) is 11.3. The third kappa shape index (κ3) is 3.51. The lowest BCUT2D eigenvalue weighted by molar-refractivity contribution is 0.0532. The maximum Gasteiger partial charge on any atom is 0.124 e. The minimum absolute atomic E-state index is 0.0697. The Balaban J connectivity index is 2.67. The Kier molecular flexibility index (Phi) is 4.55. The molecule has 1 aromatic carbocycles. The molecule has 0 amide bonds. The highest BCUT2D eigenvalue weighted by Gasteiger charge is 2.09. The van der Waals surface area contributed by atoms with Gasteiger partial charge in [0, 0.05) is 11.6 Å². The fraction of sp³-hybridized carbons (Fsp3) is 0.455. The van der Waals surface area contributed by atoms with Crippen LogP contribution in [0.3, 0.4) is 0 Å². The number of para-hydroxylation sites is 1. The standard InChI is InChI=1S/C11H17NO3/c1-8(12)10-4-2-3-5-11(10)15-7-9(14)6-13/h2-5,8-9,13-14H,6-7,12H2,1H3. The van der Waals surface area contributed by atoms with Gasteiger partial charge in [-0.15, -0.1) is 0 Å². The van der Waals surface area contributed by atoms with Crippen molar-refractivity contribution >= 4 is 0 Å². The number of hydrogen-bond acceptors (Lipinski definition) is 4. The van der Waals surface area contributed by atoms with Crippen LogP contribution in [0.25, 0.3) is 0 Å². The normalized spacial score (nSPS) is 14.7. The summed E-state index contributed by atoms with van der Waals surface area (Å²) in [6, 6.07) is 7.28. The van der Waals surface area contributed by atoms with Gasteiger partial charge in [-0.1, -0.05) is 18.2 Å². The summed E-state index contributed by atoms with van der Waals surface area (Å²) in [5.74, 6) is 0.653. The number of nitrogens with two attached hydrogens (primary N) is 1. The number of hydrogen-bond donors (Lipinski definition) is 3. The van der Waals surface area contributed by atoms with Crippen molar-refractivity contribution in [1.29, 1.82) is 0 Å². The maximum absolute atomic E-state index is 9.14. The molecule has 0 radical (unpaired) electrons. The van der Waals surface area contributed by atoms with Gasteiger partial charge in [-0.25, -0.2) is 0 Å². The van der Waals surface area contributed by atoms with E-state index in [1.807, 2.05) is 25.1 Å². The van der Waals surface area contributed by atoms with E-state index >= 15 is 0 Å². The van der Waals surface area contributed by atoms with Crippen LogP contribution < -0.4 is 10.5 Å².